The van der Waals surface area contributed by atoms with Crippen molar-refractivity contribution in [3.63, 3.8) is 0 Å². The van der Waals surface area contributed by atoms with Crippen molar-refractivity contribution in [1.82, 2.24) is 0 Å². The van der Waals surface area contributed by atoms with Crippen molar-refractivity contribution in [2.45, 2.75) is 5.38 Å². The maximum absolute atomic E-state index is 6.34. The van der Waals surface area contributed by atoms with E-state index in [4.69, 9.17) is 23.2 Å². The average Bonchev–Trinajstić information content (AvgIpc) is 2.30. The van der Waals surface area contributed by atoms with Gasteiger partial charge in [0.1, 0.15) is 0 Å². The summed E-state index contributed by atoms with van der Waals surface area (Å²) >= 11 is 12.2. The first-order valence-corrected chi connectivity index (χ1v) is 5.53. The van der Waals surface area contributed by atoms with Gasteiger partial charge < -0.3 is 0 Å². The van der Waals surface area contributed by atoms with Gasteiger partial charge in [0.25, 0.3) is 0 Å². The monoisotopic (exact) mass is 236 g/mol. The molecule has 0 aliphatic rings. The van der Waals surface area contributed by atoms with Crippen LogP contribution in [-0.2, 0) is 0 Å². The summed E-state index contributed by atoms with van der Waals surface area (Å²) in [5.41, 5.74) is 2.16. The molecule has 0 bridgehead atoms. The molecule has 0 aromatic heterocycles. The largest absolute Gasteiger partial charge is 0.113 e. The first kappa shape index (κ1) is 10.5. The summed E-state index contributed by atoms with van der Waals surface area (Å²) in [6.07, 6.45) is 0. The summed E-state index contributed by atoms with van der Waals surface area (Å²) in [5, 5.41) is 0.624. The minimum absolute atomic E-state index is 0.108. The van der Waals surface area contributed by atoms with Crippen molar-refractivity contribution in [3.8, 4) is 0 Å². The van der Waals surface area contributed by atoms with Crippen LogP contribution in [-0.4, -0.2) is 0 Å². The first-order valence-electron chi connectivity index (χ1n) is 4.72. The fourth-order valence-corrected chi connectivity index (χ4v) is 1.86. The molecule has 0 saturated carbocycles. The molecule has 2 aromatic rings. The smallest absolute Gasteiger partial charge is 0.0835 e. The van der Waals surface area contributed by atoms with Crippen LogP contribution in [0.15, 0.2) is 54.6 Å². The Labute approximate surface area is 99.5 Å². The maximum Gasteiger partial charge on any atom is 0.0835 e. The van der Waals surface area contributed by atoms with Crippen LogP contribution >= 0.6 is 23.2 Å². The number of benzene rings is 2. The second-order valence-corrected chi connectivity index (χ2v) is 4.20. The van der Waals surface area contributed by atoms with Crippen LogP contribution in [0.4, 0.5) is 0 Å². The number of hydrogen-bond donors (Lipinski definition) is 0. The van der Waals surface area contributed by atoms with E-state index in [9.17, 15) is 0 Å². The Bertz CT molecular complexity index is 420. The van der Waals surface area contributed by atoms with Crippen molar-refractivity contribution in [1.29, 1.82) is 0 Å². The third-order valence-electron chi connectivity index (χ3n) is 2.25. The molecule has 0 heterocycles. The highest BCUT2D eigenvalue weighted by atomic mass is 35.5. The van der Waals surface area contributed by atoms with Crippen LogP contribution in [0.3, 0.4) is 0 Å². The molecule has 0 nitrogen and oxygen atoms in total. The van der Waals surface area contributed by atoms with Gasteiger partial charge in [-0.3, -0.25) is 0 Å². The van der Waals surface area contributed by atoms with Gasteiger partial charge in [-0.15, -0.1) is 11.6 Å². The van der Waals surface area contributed by atoms with Crippen molar-refractivity contribution in [2.24, 2.45) is 0 Å². The summed E-state index contributed by atoms with van der Waals surface area (Å²) in [6, 6.07) is 17.6. The van der Waals surface area contributed by atoms with Crippen molar-refractivity contribution < 1.29 is 0 Å². The topological polar surface area (TPSA) is 0 Å². The molecule has 2 heteroatoms. The fourth-order valence-electron chi connectivity index (χ4n) is 1.45. The fraction of sp³-hybridized carbons (Fsp3) is 0.0769. The predicted molar refractivity (Wildman–Crippen MR) is 65.6 cm³/mol. The molecular weight excluding hydrogens is 227 g/mol. The van der Waals surface area contributed by atoms with Crippen LogP contribution in [0.2, 0.25) is 5.02 Å². The van der Waals surface area contributed by atoms with E-state index in [1.807, 2.05) is 54.6 Å². The molecule has 2 rings (SSSR count). The molecule has 0 N–H and O–H groups in total. The normalized spacial score (nSPS) is 12.4. The third kappa shape index (κ3) is 2.53. The Morgan fingerprint density at radius 3 is 1.87 bits per heavy atom. The van der Waals surface area contributed by atoms with Gasteiger partial charge in [0.2, 0.25) is 0 Å². The van der Waals surface area contributed by atoms with E-state index in [0.717, 1.165) is 16.1 Å². The van der Waals surface area contributed by atoms with E-state index >= 15 is 0 Å². The third-order valence-corrected chi connectivity index (χ3v) is 3.01. The lowest BCUT2D eigenvalue weighted by molar-refractivity contribution is 1.14. The number of halogens is 2. The van der Waals surface area contributed by atoms with Crippen LogP contribution < -0.4 is 0 Å². The van der Waals surface area contributed by atoms with Gasteiger partial charge in [0, 0.05) is 5.02 Å². The molecule has 0 fully saturated rings. The SMILES string of the molecule is Clc1ccc([C@@H](Cl)c2ccccc2)cc1. The van der Waals surface area contributed by atoms with E-state index < -0.39 is 0 Å². The van der Waals surface area contributed by atoms with Gasteiger partial charge in [0.15, 0.2) is 0 Å². The highest BCUT2D eigenvalue weighted by molar-refractivity contribution is 6.30. The molecule has 0 aliphatic carbocycles. The van der Waals surface area contributed by atoms with Gasteiger partial charge in [0.05, 0.1) is 5.38 Å². The standard InChI is InChI=1S/C13H10Cl2/c14-12-8-6-11(7-9-12)13(15)10-4-2-1-3-5-10/h1-9,13H/t13-/m0/s1. The molecule has 2 aromatic carbocycles. The first-order chi connectivity index (χ1) is 7.27. The zero-order valence-electron chi connectivity index (χ0n) is 8.03. The lowest BCUT2D eigenvalue weighted by Crippen LogP contribution is -1.91. The molecule has 76 valence electrons. The Balaban J connectivity index is 2.29. The van der Waals surface area contributed by atoms with Crippen molar-refractivity contribution in [3.05, 3.63) is 70.7 Å². The molecule has 15 heavy (non-hydrogen) atoms. The Morgan fingerprint density at radius 1 is 0.733 bits per heavy atom. The van der Waals surface area contributed by atoms with Gasteiger partial charge in [-0.1, -0.05) is 54.1 Å². The molecule has 0 radical (unpaired) electrons. The number of hydrogen-bond acceptors (Lipinski definition) is 0. The quantitative estimate of drug-likeness (QED) is 0.666. The lowest BCUT2D eigenvalue weighted by Gasteiger charge is -2.09. The maximum atomic E-state index is 6.34. The van der Waals surface area contributed by atoms with Crippen LogP contribution in [0, 0.1) is 0 Å². The van der Waals surface area contributed by atoms with Crippen LogP contribution in [0.5, 0.6) is 0 Å². The van der Waals surface area contributed by atoms with Crippen molar-refractivity contribution in [2.75, 3.05) is 0 Å². The molecule has 0 spiro atoms. The predicted octanol–water partition coefficient (Wildman–Crippen LogP) is 4.67. The molecular formula is C13H10Cl2. The molecule has 1 atom stereocenters. The molecule has 0 unspecified atom stereocenters. The zero-order valence-corrected chi connectivity index (χ0v) is 9.54. The van der Waals surface area contributed by atoms with Gasteiger partial charge >= 0.3 is 0 Å². The Hall–Kier alpha value is -0.980. The summed E-state index contributed by atoms with van der Waals surface area (Å²) in [5.74, 6) is 0. The minimum atomic E-state index is -0.108. The minimum Gasteiger partial charge on any atom is -0.113 e. The average molecular weight is 237 g/mol. The van der Waals surface area contributed by atoms with Crippen molar-refractivity contribution >= 4 is 23.2 Å². The van der Waals surface area contributed by atoms with E-state index in [1.165, 1.54) is 0 Å². The van der Waals surface area contributed by atoms with E-state index in [0.29, 0.717) is 0 Å². The number of alkyl halides is 1. The molecule has 0 amide bonds. The van der Waals surface area contributed by atoms with Gasteiger partial charge in [-0.25, -0.2) is 0 Å². The van der Waals surface area contributed by atoms with E-state index in [2.05, 4.69) is 0 Å². The zero-order chi connectivity index (χ0) is 10.7. The summed E-state index contributed by atoms with van der Waals surface area (Å²) < 4.78 is 0. The van der Waals surface area contributed by atoms with Crippen LogP contribution in [0.1, 0.15) is 16.5 Å². The summed E-state index contributed by atoms with van der Waals surface area (Å²) in [6.45, 7) is 0. The lowest BCUT2D eigenvalue weighted by atomic mass is 10.0. The highest BCUT2D eigenvalue weighted by Crippen LogP contribution is 2.28. The summed E-state index contributed by atoms with van der Waals surface area (Å²) in [4.78, 5) is 0. The number of rotatable bonds is 2. The summed E-state index contributed by atoms with van der Waals surface area (Å²) in [7, 11) is 0. The van der Waals surface area contributed by atoms with E-state index in [-0.39, 0.29) is 5.38 Å². The second kappa shape index (κ2) is 4.69. The second-order valence-electron chi connectivity index (χ2n) is 3.32. The highest BCUT2D eigenvalue weighted by Gasteiger charge is 2.09. The Morgan fingerprint density at radius 2 is 1.27 bits per heavy atom. The Kier molecular flexibility index (Phi) is 3.30. The van der Waals surface area contributed by atoms with E-state index in [1.54, 1.807) is 0 Å². The van der Waals surface area contributed by atoms with Gasteiger partial charge in [-0.05, 0) is 23.3 Å². The molecule has 0 aliphatic heterocycles. The van der Waals surface area contributed by atoms with Crippen LogP contribution in [0.25, 0.3) is 0 Å². The van der Waals surface area contributed by atoms with Gasteiger partial charge in [-0.2, -0.15) is 0 Å². The molecule has 0 saturated heterocycles.